The first-order valence-corrected chi connectivity index (χ1v) is 7.12. The zero-order chi connectivity index (χ0) is 16.5. The second-order valence-corrected chi connectivity index (χ2v) is 4.77. The number of methoxy groups -OCH3 is 1. The summed E-state index contributed by atoms with van der Waals surface area (Å²) in [6, 6.07) is 4.02. The van der Waals surface area contributed by atoms with Crippen LogP contribution in [0.15, 0.2) is 18.2 Å². The van der Waals surface area contributed by atoms with E-state index in [2.05, 4.69) is 5.32 Å². The van der Waals surface area contributed by atoms with Crippen LogP contribution in [0, 0.1) is 10.1 Å². The molecule has 1 aromatic rings. The number of carbonyl (C=O) groups excluding carboxylic acids is 2. The number of amides is 1. The molecule has 7 heteroatoms. The van der Waals surface area contributed by atoms with Gasteiger partial charge >= 0.3 is 0 Å². The fourth-order valence-electron chi connectivity index (χ4n) is 1.90. The van der Waals surface area contributed by atoms with E-state index in [9.17, 15) is 19.7 Å². The van der Waals surface area contributed by atoms with Gasteiger partial charge in [-0.15, -0.1) is 0 Å². The first-order chi connectivity index (χ1) is 10.5. The zero-order valence-electron chi connectivity index (χ0n) is 12.8. The predicted molar refractivity (Wildman–Crippen MR) is 81.1 cm³/mol. The fraction of sp³-hybridized carbons (Fsp3) is 0.467. The van der Waals surface area contributed by atoms with Gasteiger partial charge in [0.1, 0.15) is 5.75 Å². The third-order valence-corrected chi connectivity index (χ3v) is 3.13. The molecular weight excluding hydrogens is 288 g/mol. The number of hydrogen-bond acceptors (Lipinski definition) is 5. The Morgan fingerprint density at radius 2 is 2.05 bits per heavy atom. The van der Waals surface area contributed by atoms with Crippen LogP contribution in [0.1, 0.15) is 43.0 Å². The van der Waals surface area contributed by atoms with Gasteiger partial charge in [0.15, 0.2) is 5.78 Å². The van der Waals surface area contributed by atoms with Gasteiger partial charge in [-0.1, -0.05) is 13.3 Å². The van der Waals surface area contributed by atoms with Crippen molar-refractivity contribution in [1.29, 1.82) is 0 Å². The fourth-order valence-corrected chi connectivity index (χ4v) is 1.90. The average molecular weight is 308 g/mol. The molecule has 0 aliphatic carbocycles. The van der Waals surface area contributed by atoms with Gasteiger partial charge in [-0.2, -0.15) is 0 Å². The van der Waals surface area contributed by atoms with Crippen molar-refractivity contribution in [2.24, 2.45) is 0 Å². The van der Waals surface area contributed by atoms with Crippen molar-refractivity contribution in [2.75, 3.05) is 13.7 Å². The van der Waals surface area contributed by atoms with Crippen LogP contribution in [0.2, 0.25) is 0 Å². The Kier molecular flexibility index (Phi) is 7.01. The van der Waals surface area contributed by atoms with Crippen molar-refractivity contribution in [2.45, 2.75) is 32.6 Å². The van der Waals surface area contributed by atoms with Crippen LogP contribution in [0.5, 0.6) is 5.75 Å². The Hall–Kier alpha value is -2.44. The third kappa shape index (κ3) is 5.16. The lowest BCUT2D eigenvalue weighted by atomic mass is 10.1. The van der Waals surface area contributed by atoms with E-state index in [1.807, 2.05) is 6.92 Å². The molecule has 1 amide bonds. The molecule has 7 nitrogen and oxygen atoms in total. The minimum Gasteiger partial charge on any atom is -0.497 e. The molecule has 0 bridgehead atoms. The highest BCUT2D eigenvalue weighted by Gasteiger charge is 2.20. The van der Waals surface area contributed by atoms with E-state index in [1.165, 1.54) is 25.3 Å². The van der Waals surface area contributed by atoms with Crippen molar-refractivity contribution < 1.29 is 19.2 Å². The molecule has 0 radical (unpaired) electrons. The quantitative estimate of drug-likeness (QED) is 0.429. The number of nitrogens with zero attached hydrogens (tertiary/aromatic N) is 1. The molecule has 0 saturated carbocycles. The van der Waals surface area contributed by atoms with Crippen LogP contribution in [0.4, 0.5) is 5.69 Å². The number of carbonyl (C=O) groups is 2. The number of benzene rings is 1. The van der Waals surface area contributed by atoms with E-state index < -0.39 is 10.7 Å². The summed E-state index contributed by atoms with van der Waals surface area (Å²) < 4.78 is 4.98. The number of nitro benzene ring substituents is 1. The first-order valence-electron chi connectivity index (χ1n) is 7.12. The van der Waals surface area contributed by atoms with E-state index >= 15 is 0 Å². The standard InChI is InChI=1S/C15H20N2O5/c1-3-4-5-15(19)16-9-8-14(18)12-10-11(22-2)6-7-13(12)17(20)21/h6-7,10H,3-5,8-9H2,1-2H3,(H,16,19). The maximum absolute atomic E-state index is 12.1. The van der Waals surface area contributed by atoms with Crippen LogP contribution in [0.3, 0.4) is 0 Å². The van der Waals surface area contributed by atoms with Crippen LogP contribution >= 0.6 is 0 Å². The molecule has 1 aromatic carbocycles. The smallest absolute Gasteiger partial charge is 0.280 e. The highest BCUT2D eigenvalue weighted by Crippen LogP contribution is 2.25. The molecule has 1 rings (SSSR count). The topological polar surface area (TPSA) is 98.5 Å². The Morgan fingerprint density at radius 3 is 2.64 bits per heavy atom. The maximum Gasteiger partial charge on any atom is 0.280 e. The van der Waals surface area contributed by atoms with E-state index in [1.54, 1.807) is 0 Å². The molecular formula is C15H20N2O5. The summed E-state index contributed by atoms with van der Waals surface area (Å²) in [6.07, 6.45) is 2.14. The number of ether oxygens (including phenoxy) is 1. The van der Waals surface area contributed by atoms with E-state index in [4.69, 9.17) is 4.74 Å². The van der Waals surface area contributed by atoms with Gasteiger partial charge in [0, 0.05) is 25.5 Å². The van der Waals surface area contributed by atoms with Gasteiger partial charge in [-0.25, -0.2) is 0 Å². The van der Waals surface area contributed by atoms with Crippen LogP contribution in [-0.4, -0.2) is 30.3 Å². The van der Waals surface area contributed by atoms with E-state index in [0.717, 1.165) is 12.8 Å². The maximum atomic E-state index is 12.1. The summed E-state index contributed by atoms with van der Waals surface area (Å²) in [6.45, 7) is 2.15. The van der Waals surface area contributed by atoms with Gasteiger partial charge in [0.25, 0.3) is 5.69 Å². The molecule has 0 heterocycles. The number of nitrogens with one attached hydrogen (secondary N) is 1. The number of ketones is 1. The lowest BCUT2D eigenvalue weighted by Gasteiger charge is -2.06. The number of unbranched alkanes of at least 4 members (excludes halogenated alkanes) is 1. The molecule has 0 saturated heterocycles. The Morgan fingerprint density at radius 1 is 1.32 bits per heavy atom. The number of nitro groups is 1. The van der Waals surface area contributed by atoms with Gasteiger partial charge in [-0.05, 0) is 18.6 Å². The minimum atomic E-state index is -0.605. The summed E-state index contributed by atoms with van der Waals surface area (Å²) >= 11 is 0. The minimum absolute atomic E-state index is 0.00583. The largest absolute Gasteiger partial charge is 0.497 e. The summed E-state index contributed by atoms with van der Waals surface area (Å²) in [5, 5.41) is 13.6. The Balaban J connectivity index is 2.68. The molecule has 120 valence electrons. The lowest BCUT2D eigenvalue weighted by Crippen LogP contribution is -2.25. The van der Waals surface area contributed by atoms with E-state index in [-0.39, 0.29) is 30.1 Å². The molecule has 0 unspecified atom stereocenters. The van der Waals surface area contributed by atoms with Crippen molar-refractivity contribution >= 4 is 17.4 Å². The third-order valence-electron chi connectivity index (χ3n) is 3.13. The SMILES string of the molecule is CCCCC(=O)NCCC(=O)c1cc(OC)ccc1[N+](=O)[O-]. The lowest BCUT2D eigenvalue weighted by molar-refractivity contribution is -0.385. The predicted octanol–water partition coefficient (Wildman–Crippen LogP) is 2.48. The summed E-state index contributed by atoms with van der Waals surface area (Å²) in [5.74, 6) is -0.142. The van der Waals surface area contributed by atoms with Crippen LogP contribution in [-0.2, 0) is 4.79 Å². The average Bonchev–Trinajstić information content (AvgIpc) is 2.51. The molecule has 22 heavy (non-hydrogen) atoms. The molecule has 0 aliphatic heterocycles. The van der Waals surface area contributed by atoms with Crippen molar-refractivity contribution in [1.82, 2.24) is 5.32 Å². The summed E-state index contributed by atoms with van der Waals surface area (Å²) in [7, 11) is 1.42. The number of hydrogen-bond donors (Lipinski definition) is 1. The van der Waals surface area contributed by atoms with Crippen molar-refractivity contribution in [3.05, 3.63) is 33.9 Å². The van der Waals surface area contributed by atoms with Crippen LogP contribution < -0.4 is 10.1 Å². The van der Waals surface area contributed by atoms with Gasteiger partial charge in [0.2, 0.25) is 5.91 Å². The highest BCUT2D eigenvalue weighted by molar-refractivity contribution is 6.00. The monoisotopic (exact) mass is 308 g/mol. The van der Waals surface area contributed by atoms with E-state index in [0.29, 0.717) is 12.2 Å². The number of rotatable bonds is 9. The van der Waals surface area contributed by atoms with Crippen molar-refractivity contribution in [3.8, 4) is 5.75 Å². The Bertz CT molecular complexity index is 557. The molecule has 1 N–H and O–H groups in total. The van der Waals surface area contributed by atoms with Crippen molar-refractivity contribution in [3.63, 3.8) is 0 Å². The molecule has 0 aliphatic rings. The molecule has 0 atom stereocenters. The molecule has 0 spiro atoms. The number of Topliss-reactive ketones (excluding diaryl/α,β-unsaturated/α-hetero) is 1. The molecule has 0 aromatic heterocycles. The first kappa shape index (κ1) is 17.6. The Labute approximate surface area is 128 Å². The van der Waals surface area contributed by atoms with Gasteiger partial charge < -0.3 is 10.1 Å². The van der Waals surface area contributed by atoms with Crippen LogP contribution in [0.25, 0.3) is 0 Å². The zero-order valence-corrected chi connectivity index (χ0v) is 12.8. The normalized spacial score (nSPS) is 10.1. The second-order valence-electron chi connectivity index (χ2n) is 4.77. The second kappa shape index (κ2) is 8.76. The van der Waals surface area contributed by atoms with Gasteiger partial charge in [-0.3, -0.25) is 19.7 Å². The highest BCUT2D eigenvalue weighted by atomic mass is 16.6. The summed E-state index contributed by atoms with van der Waals surface area (Å²) in [4.78, 5) is 33.9. The van der Waals surface area contributed by atoms with Gasteiger partial charge in [0.05, 0.1) is 17.6 Å². The summed E-state index contributed by atoms with van der Waals surface area (Å²) in [5.41, 5.74) is -0.268. The molecule has 0 fully saturated rings.